The van der Waals surface area contributed by atoms with Crippen LogP contribution in [0.2, 0.25) is 0 Å². The Morgan fingerprint density at radius 1 is 0.920 bits per heavy atom. The number of aliphatic carboxylic acids is 3. The second-order valence-electron chi connectivity index (χ2n) is 5.86. The molecule has 0 aromatic carbocycles. The average Bonchev–Trinajstić information content (AvgIpc) is 2.47. The fourth-order valence-corrected chi connectivity index (χ4v) is 3.71. The van der Waals surface area contributed by atoms with Gasteiger partial charge in [-0.15, -0.1) is 0 Å². The number of carbonyl (C=O) groups excluding carboxylic acids is 1. The lowest BCUT2D eigenvalue weighted by molar-refractivity contribution is -0.969. The molecule has 0 amide bonds. The zero-order valence-electron chi connectivity index (χ0n) is 15.2. The van der Waals surface area contributed by atoms with Crippen molar-refractivity contribution in [2.75, 3.05) is 19.7 Å². The van der Waals surface area contributed by atoms with Crippen LogP contribution in [0.5, 0.6) is 0 Å². The molecule has 0 radical (unpaired) electrons. The van der Waals surface area contributed by atoms with E-state index in [1.54, 1.807) is 20.8 Å². The highest BCUT2D eigenvalue weighted by atomic mass is 16.5. The van der Waals surface area contributed by atoms with Crippen molar-refractivity contribution in [3.63, 3.8) is 0 Å². The first-order valence-electron chi connectivity index (χ1n) is 8.28. The minimum Gasteiger partial charge on any atom is -0.477 e. The molecule has 0 aliphatic rings. The Morgan fingerprint density at radius 2 is 1.36 bits per heavy atom. The summed E-state index contributed by atoms with van der Waals surface area (Å²) in [5.74, 6) is -4.88. The Hall–Kier alpha value is -2.16. The molecule has 0 saturated carbocycles. The summed E-state index contributed by atoms with van der Waals surface area (Å²) in [4.78, 5) is 47.7. The molecule has 9 nitrogen and oxygen atoms in total. The molecule has 0 saturated heterocycles. The highest BCUT2D eigenvalue weighted by molar-refractivity contribution is 5.82. The molecule has 0 rings (SSSR count). The predicted octanol–water partition coefficient (Wildman–Crippen LogP) is 0.958. The lowest BCUT2D eigenvalue weighted by Gasteiger charge is -2.52. The third-order valence-electron chi connectivity index (χ3n) is 4.78. The molecule has 0 aliphatic carbocycles. The number of hydrogen-bond acceptors (Lipinski definition) is 5. The molecule has 0 spiro atoms. The molecule has 0 aromatic rings. The number of nitrogens with zero attached hydrogens (tertiary/aromatic N) is 1. The van der Waals surface area contributed by atoms with Gasteiger partial charge in [0.05, 0.1) is 6.61 Å². The van der Waals surface area contributed by atoms with Gasteiger partial charge in [-0.3, -0.25) is 4.48 Å². The van der Waals surface area contributed by atoms with E-state index in [0.717, 1.165) is 0 Å². The number of ether oxygens (including phenoxy) is 1. The lowest BCUT2D eigenvalue weighted by atomic mass is 9.84. The van der Waals surface area contributed by atoms with Crippen LogP contribution < -0.4 is 0 Å². The summed E-state index contributed by atoms with van der Waals surface area (Å²) in [6, 6.07) is -1.38. The lowest BCUT2D eigenvalue weighted by Crippen LogP contribution is -2.76. The van der Waals surface area contributed by atoms with Crippen LogP contribution in [0.25, 0.3) is 0 Å². The fraction of sp³-hybridized carbons (Fsp3) is 0.750. The Balaban J connectivity index is 6.81. The standard InChI is InChI=1S/C16H27NO8/c1-5-11(14(22)23)17(9-12(18)19,10-13(20)21)16(6-2,7-3)15(24)25-8-4/h11H,5-10H2,1-4H3,(H2-,18,19,20,21,22,23)/p+1. The molecular weight excluding hydrogens is 334 g/mol. The third-order valence-corrected chi connectivity index (χ3v) is 4.78. The summed E-state index contributed by atoms with van der Waals surface area (Å²) in [6.07, 6.45) is 0.0659. The SMILES string of the molecule is CCOC(=O)C(CC)(CC)[N+](CC(=O)O)(CC(=O)O)C(CC)C(=O)O. The first-order valence-corrected chi connectivity index (χ1v) is 8.28. The average molecular weight is 362 g/mol. The van der Waals surface area contributed by atoms with Gasteiger partial charge in [-0.05, 0) is 6.92 Å². The number of rotatable bonds is 12. The first kappa shape index (κ1) is 22.8. The maximum Gasteiger partial charge on any atom is 0.368 e. The van der Waals surface area contributed by atoms with E-state index >= 15 is 0 Å². The van der Waals surface area contributed by atoms with Crippen molar-refractivity contribution < 1.29 is 43.7 Å². The molecule has 0 aromatic heterocycles. The molecule has 1 atom stereocenters. The number of carboxylic acid groups (broad SMARTS) is 3. The van der Waals surface area contributed by atoms with Crippen LogP contribution in [0.4, 0.5) is 0 Å². The van der Waals surface area contributed by atoms with Crippen molar-refractivity contribution in [2.45, 2.75) is 58.5 Å². The van der Waals surface area contributed by atoms with Crippen molar-refractivity contribution >= 4 is 23.9 Å². The van der Waals surface area contributed by atoms with E-state index in [2.05, 4.69) is 0 Å². The Labute approximate surface area is 146 Å². The zero-order valence-corrected chi connectivity index (χ0v) is 15.2. The van der Waals surface area contributed by atoms with Gasteiger partial charge in [-0.1, -0.05) is 20.8 Å². The molecular formula is C16H28NO8+. The Bertz CT molecular complexity index is 496. The van der Waals surface area contributed by atoms with Gasteiger partial charge < -0.3 is 20.1 Å². The molecule has 1 unspecified atom stereocenters. The number of carboxylic acids is 3. The van der Waals surface area contributed by atoms with Gasteiger partial charge in [0.25, 0.3) is 0 Å². The quantitative estimate of drug-likeness (QED) is 0.345. The first-order chi connectivity index (χ1) is 11.6. The highest BCUT2D eigenvalue weighted by Gasteiger charge is 2.62. The van der Waals surface area contributed by atoms with E-state index in [1.807, 2.05) is 0 Å². The molecule has 0 aliphatic heterocycles. The number of hydrogen-bond donors (Lipinski definition) is 3. The summed E-state index contributed by atoms with van der Waals surface area (Å²) < 4.78 is 4.18. The second kappa shape index (κ2) is 9.36. The molecule has 0 heterocycles. The van der Waals surface area contributed by atoms with Crippen LogP contribution in [-0.2, 0) is 23.9 Å². The van der Waals surface area contributed by atoms with Gasteiger partial charge in [0, 0.05) is 19.3 Å². The maximum absolute atomic E-state index is 12.8. The predicted molar refractivity (Wildman–Crippen MR) is 86.9 cm³/mol. The van der Waals surface area contributed by atoms with Crippen molar-refractivity contribution in [2.24, 2.45) is 0 Å². The number of esters is 1. The fourth-order valence-electron chi connectivity index (χ4n) is 3.71. The number of quaternary nitrogens is 1. The topological polar surface area (TPSA) is 138 Å². The molecule has 144 valence electrons. The Morgan fingerprint density at radius 3 is 1.60 bits per heavy atom. The van der Waals surface area contributed by atoms with Crippen LogP contribution in [-0.4, -0.2) is 75.0 Å². The summed E-state index contributed by atoms with van der Waals surface area (Å²) in [7, 11) is 0. The third kappa shape index (κ3) is 4.47. The molecule has 9 heteroatoms. The highest BCUT2D eigenvalue weighted by Crippen LogP contribution is 2.38. The minimum atomic E-state index is -1.59. The van der Waals surface area contributed by atoms with Crippen LogP contribution in [0, 0.1) is 0 Å². The van der Waals surface area contributed by atoms with E-state index in [9.17, 15) is 34.5 Å². The molecule has 3 N–H and O–H groups in total. The van der Waals surface area contributed by atoms with Crippen LogP contribution in [0.15, 0.2) is 0 Å². The largest absolute Gasteiger partial charge is 0.477 e. The number of carbonyl (C=O) groups is 4. The molecule has 0 bridgehead atoms. The summed E-state index contributed by atoms with van der Waals surface area (Å²) >= 11 is 0. The van der Waals surface area contributed by atoms with Gasteiger partial charge in [0.15, 0.2) is 24.7 Å². The van der Waals surface area contributed by atoms with Crippen molar-refractivity contribution in [3.05, 3.63) is 0 Å². The minimum absolute atomic E-state index is 0.0184. The van der Waals surface area contributed by atoms with Crippen molar-refractivity contribution in [1.82, 2.24) is 0 Å². The second-order valence-corrected chi connectivity index (χ2v) is 5.86. The molecule has 0 fully saturated rings. The van der Waals surface area contributed by atoms with Gasteiger partial charge in [0.1, 0.15) is 0 Å². The van der Waals surface area contributed by atoms with Crippen molar-refractivity contribution in [1.29, 1.82) is 0 Å². The van der Waals surface area contributed by atoms with Crippen LogP contribution in [0.1, 0.15) is 47.0 Å². The van der Waals surface area contributed by atoms with Gasteiger partial charge in [-0.25, -0.2) is 19.2 Å². The van der Waals surface area contributed by atoms with E-state index < -0.39 is 53.0 Å². The van der Waals surface area contributed by atoms with Gasteiger partial charge in [0.2, 0.25) is 0 Å². The van der Waals surface area contributed by atoms with Crippen LogP contribution >= 0.6 is 0 Å². The summed E-state index contributed by atoms with van der Waals surface area (Å²) in [6.45, 7) is 4.71. The Kier molecular flexibility index (Phi) is 8.55. The molecule has 25 heavy (non-hydrogen) atoms. The van der Waals surface area contributed by atoms with Gasteiger partial charge in [-0.2, -0.15) is 0 Å². The zero-order chi connectivity index (χ0) is 19.8. The van der Waals surface area contributed by atoms with E-state index in [1.165, 1.54) is 6.92 Å². The normalized spacial score (nSPS) is 13.1. The van der Waals surface area contributed by atoms with E-state index in [4.69, 9.17) is 4.74 Å². The summed E-state index contributed by atoms with van der Waals surface area (Å²) in [5, 5.41) is 28.4. The van der Waals surface area contributed by atoms with Crippen molar-refractivity contribution in [3.8, 4) is 0 Å². The van der Waals surface area contributed by atoms with Crippen LogP contribution in [0.3, 0.4) is 0 Å². The summed E-state index contributed by atoms with van der Waals surface area (Å²) in [5.41, 5.74) is -1.59. The van der Waals surface area contributed by atoms with E-state index in [-0.39, 0.29) is 25.9 Å². The monoisotopic (exact) mass is 362 g/mol. The van der Waals surface area contributed by atoms with Gasteiger partial charge >= 0.3 is 23.9 Å². The smallest absolute Gasteiger partial charge is 0.368 e. The van der Waals surface area contributed by atoms with E-state index in [0.29, 0.717) is 0 Å². The maximum atomic E-state index is 12.8.